The van der Waals surface area contributed by atoms with Crippen molar-refractivity contribution in [2.75, 3.05) is 5.75 Å². The molecule has 1 amide bonds. The van der Waals surface area contributed by atoms with Crippen LogP contribution in [0.15, 0.2) is 47.6 Å². The zero-order chi connectivity index (χ0) is 20.1. The molecule has 0 atom stereocenters. The average Bonchev–Trinajstić information content (AvgIpc) is 3.09. The molecule has 0 radical (unpaired) electrons. The normalized spacial score (nSPS) is 10.9. The van der Waals surface area contributed by atoms with Crippen LogP contribution in [0, 0.1) is 6.92 Å². The highest BCUT2D eigenvalue weighted by molar-refractivity contribution is 7.99. The lowest BCUT2D eigenvalue weighted by Gasteiger charge is -2.12. The molecule has 0 fully saturated rings. The fourth-order valence-electron chi connectivity index (χ4n) is 2.63. The Morgan fingerprint density at radius 3 is 2.68 bits per heavy atom. The maximum Gasteiger partial charge on any atom is 0.251 e. The van der Waals surface area contributed by atoms with E-state index in [1.54, 1.807) is 30.0 Å². The summed E-state index contributed by atoms with van der Waals surface area (Å²) in [6, 6.07) is 12.8. The second-order valence-electron chi connectivity index (χ2n) is 6.23. The molecule has 3 aromatic rings. The highest BCUT2D eigenvalue weighted by Crippen LogP contribution is 2.28. The molecule has 0 saturated heterocycles. The number of carbonyl (C=O) groups excluding carboxylic acids is 1. The Bertz CT molecular complexity index is 990. The molecule has 0 saturated carbocycles. The predicted molar refractivity (Wildman–Crippen MR) is 115 cm³/mol. The minimum Gasteiger partial charge on any atom is -0.345 e. The van der Waals surface area contributed by atoms with Crippen molar-refractivity contribution in [2.45, 2.75) is 32.0 Å². The van der Waals surface area contributed by atoms with Crippen LogP contribution in [-0.2, 0) is 6.54 Å². The standard InChI is InChI=1S/C20H20Cl2N4OS/c1-3-9-28-20-25-24-18(26(20)15-7-8-16(21)17(22)11-15)12-23-19(27)14-6-4-5-13(2)10-14/h4-8,10-11H,3,9,12H2,1-2H3,(H,23,27). The lowest BCUT2D eigenvalue weighted by atomic mass is 10.1. The van der Waals surface area contributed by atoms with Gasteiger partial charge in [-0.05, 0) is 43.7 Å². The van der Waals surface area contributed by atoms with Crippen molar-refractivity contribution in [1.82, 2.24) is 20.1 Å². The van der Waals surface area contributed by atoms with Crippen molar-refractivity contribution < 1.29 is 4.79 Å². The zero-order valence-electron chi connectivity index (χ0n) is 15.6. The Balaban J connectivity index is 1.87. The molecule has 146 valence electrons. The first kappa shape index (κ1) is 20.7. The summed E-state index contributed by atoms with van der Waals surface area (Å²) in [5.74, 6) is 1.38. The van der Waals surface area contributed by atoms with Crippen LogP contribution in [0.2, 0.25) is 10.0 Å². The van der Waals surface area contributed by atoms with Crippen molar-refractivity contribution >= 4 is 40.9 Å². The van der Waals surface area contributed by atoms with Gasteiger partial charge in [-0.25, -0.2) is 0 Å². The third-order valence-electron chi connectivity index (χ3n) is 3.98. The van der Waals surface area contributed by atoms with Crippen molar-refractivity contribution in [3.63, 3.8) is 0 Å². The predicted octanol–water partition coefficient (Wildman–Crippen LogP) is 5.31. The summed E-state index contributed by atoms with van der Waals surface area (Å²) in [4.78, 5) is 12.5. The Morgan fingerprint density at radius 2 is 1.96 bits per heavy atom. The van der Waals surface area contributed by atoms with Crippen LogP contribution < -0.4 is 5.32 Å². The van der Waals surface area contributed by atoms with Crippen molar-refractivity contribution in [3.8, 4) is 5.69 Å². The average molecular weight is 435 g/mol. The summed E-state index contributed by atoms with van der Waals surface area (Å²) in [6.45, 7) is 4.30. The highest BCUT2D eigenvalue weighted by atomic mass is 35.5. The molecule has 0 spiro atoms. The van der Waals surface area contributed by atoms with E-state index in [4.69, 9.17) is 23.2 Å². The molecule has 1 heterocycles. The van der Waals surface area contributed by atoms with Gasteiger partial charge in [0.15, 0.2) is 11.0 Å². The number of hydrogen-bond donors (Lipinski definition) is 1. The number of nitrogens with one attached hydrogen (secondary N) is 1. The Hall–Kier alpha value is -2.02. The molecule has 0 unspecified atom stereocenters. The van der Waals surface area contributed by atoms with E-state index in [1.807, 2.05) is 35.8 Å². The van der Waals surface area contributed by atoms with Crippen molar-refractivity contribution in [1.29, 1.82) is 0 Å². The largest absolute Gasteiger partial charge is 0.345 e. The number of amides is 1. The smallest absolute Gasteiger partial charge is 0.251 e. The van der Waals surface area contributed by atoms with Gasteiger partial charge in [-0.1, -0.05) is 59.6 Å². The number of hydrogen-bond acceptors (Lipinski definition) is 4. The van der Waals surface area contributed by atoms with Gasteiger partial charge in [0.1, 0.15) is 0 Å². The minimum atomic E-state index is -0.157. The third kappa shape index (κ3) is 4.87. The fraction of sp³-hybridized carbons (Fsp3) is 0.250. The number of carbonyl (C=O) groups is 1. The zero-order valence-corrected chi connectivity index (χ0v) is 17.9. The molecular formula is C20H20Cl2N4OS. The maximum absolute atomic E-state index is 12.5. The highest BCUT2D eigenvalue weighted by Gasteiger charge is 2.16. The minimum absolute atomic E-state index is 0.157. The molecule has 1 aromatic heterocycles. The van der Waals surface area contributed by atoms with Gasteiger partial charge in [0.05, 0.1) is 22.3 Å². The summed E-state index contributed by atoms with van der Waals surface area (Å²) >= 11 is 13.9. The van der Waals surface area contributed by atoms with Gasteiger partial charge in [0, 0.05) is 11.3 Å². The first-order valence-electron chi connectivity index (χ1n) is 8.87. The van der Waals surface area contributed by atoms with Crippen molar-refractivity contribution in [2.24, 2.45) is 0 Å². The number of benzene rings is 2. The van der Waals surface area contributed by atoms with Crippen LogP contribution in [0.1, 0.15) is 35.1 Å². The lowest BCUT2D eigenvalue weighted by Crippen LogP contribution is -2.24. The SMILES string of the molecule is CCCSc1nnc(CNC(=O)c2cccc(C)c2)n1-c1ccc(Cl)c(Cl)c1. The first-order valence-corrected chi connectivity index (χ1v) is 10.6. The second kappa shape index (κ2) is 9.45. The molecule has 0 aliphatic carbocycles. The first-order chi connectivity index (χ1) is 13.5. The molecule has 0 aliphatic heterocycles. The van der Waals surface area contributed by atoms with Crippen molar-refractivity contribution in [3.05, 3.63) is 69.5 Å². The van der Waals surface area contributed by atoms with E-state index in [2.05, 4.69) is 22.4 Å². The van der Waals surface area contributed by atoms with E-state index in [9.17, 15) is 4.79 Å². The topological polar surface area (TPSA) is 59.8 Å². The molecule has 0 bridgehead atoms. The Kier molecular flexibility index (Phi) is 6.99. The van der Waals surface area contributed by atoms with E-state index >= 15 is 0 Å². The van der Waals surface area contributed by atoms with Gasteiger partial charge >= 0.3 is 0 Å². The van der Waals surface area contributed by atoms with Gasteiger partial charge in [0.25, 0.3) is 5.91 Å². The van der Waals surface area contributed by atoms with E-state index in [-0.39, 0.29) is 12.5 Å². The summed E-state index contributed by atoms with van der Waals surface area (Å²) in [5.41, 5.74) is 2.45. The number of nitrogens with zero attached hydrogens (tertiary/aromatic N) is 3. The number of thioether (sulfide) groups is 1. The molecule has 8 heteroatoms. The summed E-state index contributed by atoms with van der Waals surface area (Å²) < 4.78 is 1.90. The Morgan fingerprint density at radius 1 is 1.14 bits per heavy atom. The van der Waals surface area contributed by atoms with E-state index in [0.29, 0.717) is 21.4 Å². The number of aryl methyl sites for hydroxylation is 1. The van der Waals surface area contributed by atoms with Crippen LogP contribution >= 0.6 is 35.0 Å². The maximum atomic E-state index is 12.5. The van der Waals surface area contributed by atoms with Gasteiger partial charge < -0.3 is 5.32 Å². The molecule has 3 rings (SSSR count). The molecule has 0 aliphatic rings. The molecule has 5 nitrogen and oxygen atoms in total. The van der Waals surface area contributed by atoms with Gasteiger partial charge in [-0.15, -0.1) is 10.2 Å². The second-order valence-corrected chi connectivity index (χ2v) is 8.11. The molecule has 28 heavy (non-hydrogen) atoms. The van der Waals surface area contributed by atoms with E-state index < -0.39 is 0 Å². The number of halogens is 2. The van der Waals surface area contributed by atoms with Crippen LogP contribution in [0.4, 0.5) is 0 Å². The lowest BCUT2D eigenvalue weighted by molar-refractivity contribution is 0.0949. The molecular weight excluding hydrogens is 415 g/mol. The van der Waals surface area contributed by atoms with Crippen LogP contribution in [-0.4, -0.2) is 26.4 Å². The molecule has 1 N–H and O–H groups in total. The summed E-state index contributed by atoms with van der Waals surface area (Å²) in [6.07, 6.45) is 1.01. The number of aromatic nitrogens is 3. The van der Waals surface area contributed by atoms with Crippen LogP contribution in [0.5, 0.6) is 0 Å². The van der Waals surface area contributed by atoms with Crippen LogP contribution in [0.3, 0.4) is 0 Å². The van der Waals surface area contributed by atoms with E-state index in [1.165, 1.54) is 0 Å². The fourth-order valence-corrected chi connectivity index (χ4v) is 3.75. The third-order valence-corrected chi connectivity index (χ3v) is 5.86. The van der Waals surface area contributed by atoms with Crippen LogP contribution in [0.25, 0.3) is 5.69 Å². The number of rotatable bonds is 7. The summed E-state index contributed by atoms with van der Waals surface area (Å²) in [7, 11) is 0. The van der Waals surface area contributed by atoms with Gasteiger partial charge in [-0.3, -0.25) is 9.36 Å². The van der Waals surface area contributed by atoms with Gasteiger partial charge in [0.2, 0.25) is 0 Å². The van der Waals surface area contributed by atoms with E-state index in [0.717, 1.165) is 28.6 Å². The quantitative estimate of drug-likeness (QED) is 0.511. The molecule has 2 aromatic carbocycles. The van der Waals surface area contributed by atoms with Gasteiger partial charge in [-0.2, -0.15) is 0 Å². The summed E-state index contributed by atoms with van der Waals surface area (Å²) in [5, 5.41) is 13.2. The monoisotopic (exact) mass is 434 g/mol. The Labute approximate surface area is 178 Å².